The second kappa shape index (κ2) is 6.45. The van der Waals surface area contributed by atoms with Crippen LogP contribution in [0.5, 0.6) is 0 Å². The van der Waals surface area contributed by atoms with E-state index in [-0.39, 0.29) is 0 Å². The molecule has 18 heavy (non-hydrogen) atoms. The minimum absolute atomic E-state index is 0.408. The van der Waals surface area contributed by atoms with Crippen LogP contribution < -0.4 is 5.32 Å². The molecule has 2 aromatic heterocycles. The first-order valence-corrected chi connectivity index (χ1v) is 8.15. The summed E-state index contributed by atoms with van der Waals surface area (Å²) in [4.78, 5) is 5.95. The summed E-state index contributed by atoms with van der Waals surface area (Å²) in [7, 11) is 0. The highest BCUT2D eigenvalue weighted by atomic mass is 32.1. The zero-order valence-corrected chi connectivity index (χ0v) is 12.8. The molecule has 0 saturated carbocycles. The maximum absolute atomic E-state index is 4.55. The number of nitrogens with one attached hydrogen (secondary N) is 1. The van der Waals surface area contributed by atoms with Crippen LogP contribution in [-0.4, -0.2) is 11.5 Å². The van der Waals surface area contributed by atoms with Crippen LogP contribution in [0.1, 0.15) is 40.5 Å². The second-order valence-electron chi connectivity index (χ2n) is 4.52. The van der Waals surface area contributed by atoms with Gasteiger partial charge in [0.2, 0.25) is 0 Å². The maximum Gasteiger partial charge on any atom is 0.0900 e. The van der Waals surface area contributed by atoms with Crippen molar-refractivity contribution >= 4 is 22.7 Å². The van der Waals surface area contributed by atoms with Gasteiger partial charge in [0.05, 0.1) is 10.7 Å². The summed E-state index contributed by atoms with van der Waals surface area (Å²) in [5, 5.41) is 9.21. The standard InChI is InChI=1S/C14H20N2S2/c1-4-6-15-13(8-12-5-7-17-9-12)14-10(2)16-11(3)18-14/h5,7,9,13,15H,4,6,8H2,1-3H3. The number of aryl methyl sites for hydroxylation is 2. The van der Waals surface area contributed by atoms with E-state index >= 15 is 0 Å². The van der Waals surface area contributed by atoms with Gasteiger partial charge < -0.3 is 5.32 Å². The monoisotopic (exact) mass is 280 g/mol. The van der Waals surface area contributed by atoms with E-state index < -0.39 is 0 Å². The van der Waals surface area contributed by atoms with Crippen molar-refractivity contribution in [3.8, 4) is 0 Å². The number of nitrogens with zero attached hydrogens (tertiary/aromatic N) is 1. The Balaban J connectivity index is 2.16. The van der Waals surface area contributed by atoms with Crippen LogP contribution >= 0.6 is 22.7 Å². The van der Waals surface area contributed by atoms with Crippen LogP contribution in [-0.2, 0) is 6.42 Å². The van der Waals surface area contributed by atoms with Gasteiger partial charge in [-0.25, -0.2) is 4.98 Å². The van der Waals surface area contributed by atoms with E-state index in [1.165, 1.54) is 16.1 Å². The third-order valence-corrected chi connectivity index (χ3v) is 4.84. The van der Waals surface area contributed by atoms with Gasteiger partial charge in [-0.15, -0.1) is 11.3 Å². The van der Waals surface area contributed by atoms with Crippen LogP contribution in [0.3, 0.4) is 0 Å². The first kappa shape index (κ1) is 13.7. The highest BCUT2D eigenvalue weighted by Gasteiger charge is 2.17. The molecule has 0 bridgehead atoms. The number of thiophene rings is 1. The predicted octanol–water partition coefficient (Wildman–Crippen LogP) is 4.10. The van der Waals surface area contributed by atoms with Crippen molar-refractivity contribution < 1.29 is 0 Å². The third-order valence-electron chi connectivity index (χ3n) is 2.92. The Bertz CT molecular complexity index is 474. The summed E-state index contributed by atoms with van der Waals surface area (Å²) >= 11 is 3.59. The Morgan fingerprint density at radius 2 is 2.22 bits per heavy atom. The fourth-order valence-corrected chi connectivity index (χ4v) is 3.78. The molecular weight excluding hydrogens is 260 g/mol. The number of thiazole rings is 1. The lowest BCUT2D eigenvalue weighted by Crippen LogP contribution is -2.23. The SMILES string of the molecule is CCCNC(Cc1ccsc1)c1sc(C)nc1C. The van der Waals surface area contributed by atoms with Gasteiger partial charge >= 0.3 is 0 Å². The number of hydrogen-bond donors (Lipinski definition) is 1. The molecule has 0 fully saturated rings. The molecule has 1 atom stereocenters. The Labute approximate surface area is 117 Å². The second-order valence-corrected chi connectivity index (χ2v) is 6.54. The van der Waals surface area contributed by atoms with E-state index in [9.17, 15) is 0 Å². The van der Waals surface area contributed by atoms with Crippen LogP contribution in [0.25, 0.3) is 0 Å². The normalized spacial score (nSPS) is 12.8. The van der Waals surface area contributed by atoms with Crippen LogP contribution in [0, 0.1) is 13.8 Å². The Morgan fingerprint density at radius 3 is 2.78 bits per heavy atom. The fourth-order valence-electron chi connectivity index (χ4n) is 2.09. The largest absolute Gasteiger partial charge is 0.309 e. The van der Waals surface area contributed by atoms with E-state index in [0.717, 1.165) is 24.4 Å². The molecule has 2 nitrogen and oxygen atoms in total. The van der Waals surface area contributed by atoms with Crippen molar-refractivity contribution in [2.24, 2.45) is 0 Å². The minimum atomic E-state index is 0.408. The van der Waals surface area contributed by atoms with Gasteiger partial charge in [0.25, 0.3) is 0 Å². The maximum atomic E-state index is 4.55. The fraction of sp³-hybridized carbons (Fsp3) is 0.500. The molecule has 0 saturated heterocycles. The highest BCUT2D eigenvalue weighted by Crippen LogP contribution is 2.28. The van der Waals surface area contributed by atoms with E-state index in [4.69, 9.17) is 0 Å². The smallest absolute Gasteiger partial charge is 0.0900 e. The average Bonchev–Trinajstić information content (AvgIpc) is 2.94. The van der Waals surface area contributed by atoms with Gasteiger partial charge in [-0.3, -0.25) is 0 Å². The van der Waals surface area contributed by atoms with Gasteiger partial charge in [-0.1, -0.05) is 6.92 Å². The molecule has 0 aromatic carbocycles. The molecule has 2 heterocycles. The number of rotatable bonds is 6. The predicted molar refractivity (Wildman–Crippen MR) is 80.6 cm³/mol. The van der Waals surface area contributed by atoms with Gasteiger partial charge in [0.15, 0.2) is 0 Å². The summed E-state index contributed by atoms with van der Waals surface area (Å²) in [6.45, 7) is 7.47. The molecule has 0 aliphatic heterocycles. The van der Waals surface area contributed by atoms with E-state index in [1.54, 1.807) is 11.3 Å². The van der Waals surface area contributed by atoms with Gasteiger partial charge in [-0.2, -0.15) is 11.3 Å². The molecule has 2 rings (SSSR count). The average molecular weight is 280 g/mol. The molecule has 0 aliphatic rings. The van der Waals surface area contributed by atoms with Crippen LogP contribution in [0.15, 0.2) is 16.8 Å². The van der Waals surface area contributed by atoms with Crippen molar-refractivity contribution in [1.82, 2.24) is 10.3 Å². The molecule has 2 aromatic rings. The topological polar surface area (TPSA) is 24.9 Å². The first-order valence-electron chi connectivity index (χ1n) is 6.39. The van der Waals surface area contributed by atoms with E-state index in [0.29, 0.717) is 6.04 Å². The van der Waals surface area contributed by atoms with E-state index in [1.807, 2.05) is 11.3 Å². The van der Waals surface area contributed by atoms with Crippen molar-refractivity contribution in [2.75, 3.05) is 6.54 Å². The Kier molecular flexibility index (Phi) is 4.92. The first-order chi connectivity index (χ1) is 8.70. The Morgan fingerprint density at radius 1 is 1.39 bits per heavy atom. The number of hydrogen-bond acceptors (Lipinski definition) is 4. The summed E-state index contributed by atoms with van der Waals surface area (Å²) < 4.78 is 0. The van der Waals surface area contributed by atoms with Crippen molar-refractivity contribution in [3.05, 3.63) is 38.0 Å². The summed E-state index contributed by atoms with van der Waals surface area (Å²) in [5.74, 6) is 0. The minimum Gasteiger partial charge on any atom is -0.309 e. The molecule has 4 heteroatoms. The zero-order chi connectivity index (χ0) is 13.0. The molecule has 1 N–H and O–H groups in total. The van der Waals surface area contributed by atoms with Gasteiger partial charge in [0.1, 0.15) is 0 Å². The molecule has 1 unspecified atom stereocenters. The van der Waals surface area contributed by atoms with Gasteiger partial charge in [0, 0.05) is 10.9 Å². The summed E-state index contributed by atoms with van der Waals surface area (Å²) in [5.41, 5.74) is 2.60. The molecule has 0 aliphatic carbocycles. The molecule has 0 radical (unpaired) electrons. The lowest BCUT2D eigenvalue weighted by atomic mass is 10.1. The summed E-state index contributed by atoms with van der Waals surface area (Å²) in [6, 6.07) is 2.62. The van der Waals surface area contributed by atoms with E-state index in [2.05, 4.69) is 47.9 Å². The molecule has 0 amide bonds. The van der Waals surface area contributed by atoms with Crippen LogP contribution in [0.4, 0.5) is 0 Å². The summed E-state index contributed by atoms with van der Waals surface area (Å²) in [6.07, 6.45) is 2.23. The number of aromatic nitrogens is 1. The van der Waals surface area contributed by atoms with Crippen molar-refractivity contribution in [3.63, 3.8) is 0 Å². The highest BCUT2D eigenvalue weighted by molar-refractivity contribution is 7.11. The third kappa shape index (κ3) is 3.40. The van der Waals surface area contributed by atoms with Crippen LogP contribution in [0.2, 0.25) is 0 Å². The molecule has 0 spiro atoms. The molecular formula is C14H20N2S2. The molecule has 98 valence electrons. The lowest BCUT2D eigenvalue weighted by Gasteiger charge is -2.17. The van der Waals surface area contributed by atoms with Gasteiger partial charge in [-0.05, 0) is 55.6 Å². The van der Waals surface area contributed by atoms with Crippen molar-refractivity contribution in [1.29, 1.82) is 0 Å². The van der Waals surface area contributed by atoms with Crippen molar-refractivity contribution in [2.45, 2.75) is 39.7 Å². The zero-order valence-electron chi connectivity index (χ0n) is 11.2. The quantitative estimate of drug-likeness (QED) is 0.861. The Hall–Kier alpha value is -0.710. The lowest BCUT2D eigenvalue weighted by molar-refractivity contribution is 0.534.